The largest absolute Gasteiger partial charge is 0.481 e. The van der Waals surface area contributed by atoms with Gasteiger partial charge in [-0.3, -0.25) is 9.36 Å². The average molecular weight is 457 g/mol. The van der Waals surface area contributed by atoms with Crippen LogP contribution < -0.4 is 21.5 Å². The van der Waals surface area contributed by atoms with Gasteiger partial charge in [-0.2, -0.15) is 9.97 Å². The number of anilines is 1. The fraction of sp³-hybridized carbons (Fsp3) is 0.478. The molecule has 3 rings (SSSR count). The van der Waals surface area contributed by atoms with Crippen molar-refractivity contribution in [3.63, 3.8) is 0 Å². The first-order chi connectivity index (χ1) is 15.9. The third-order valence-electron chi connectivity index (χ3n) is 5.50. The highest BCUT2D eigenvalue weighted by atomic mass is 16.5. The minimum Gasteiger partial charge on any atom is -0.481 e. The molecule has 178 valence electrons. The van der Waals surface area contributed by atoms with Gasteiger partial charge >= 0.3 is 17.7 Å². The van der Waals surface area contributed by atoms with Crippen molar-refractivity contribution in [1.29, 1.82) is 0 Å². The second kappa shape index (κ2) is 11.5. The van der Waals surface area contributed by atoms with E-state index >= 15 is 0 Å². The van der Waals surface area contributed by atoms with E-state index in [2.05, 4.69) is 27.2 Å². The van der Waals surface area contributed by atoms with Gasteiger partial charge in [-0.05, 0) is 43.9 Å². The van der Waals surface area contributed by atoms with Gasteiger partial charge in [0.25, 0.3) is 0 Å². The van der Waals surface area contributed by atoms with Crippen LogP contribution in [0.25, 0.3) is 11.2 Å². The number of carboxylic acid groups (broad SMARTS) is 1. The van der Waals surface area contributed by atoms with Crippen LogP contribution in [-0.4, -0.2) is 43.7 Å². The summed E-state index contributed by atoms with van der Waals surface area (Å²) in [4.78, 5) is 34.8. The summed E-state index contributed by atoms with van der Waals surface area (Å²) in [6.45, 7) is 6.16. The van der Waals surface area contributed by atoms with E-state index in [0.29, 0.717) is 30.9 Å². The lowest BCUT2D eigenvalue weighted by Gasteiger charge is -2.10. The lowest BCUT2D eigenvalue weighted by Crippen LogP contribution is -2.19. The Balaban J connectivity index is 1.52. The number of carboxylic acids is 1. The van der Waals surface area contributed by atoms with Gasteiger partial charge in [0.2, 0.25) is 0 Å². The van der Waals surface area contributed by atoms with Crippen LogP contribution in [-0.2, 0) is 17.9 Å². The Kier molecular flexibility index (Phi) is 8.42. The zero-order chi connectivity index (χ0) is 23.8. The highest BCUT2D eigenvalue weighted by molar-refractivity contribution is 5.81. The molecule has 1 unspecified atom stereocenters. The van der Waals surface area contributed by atoms with E-state index in [1.165, 1.54) is 0 Å². The fourth-order valence-corrected chi connectivity index (χ4v) is 3.48. The number of nitrogens with zero attached hydrogens (tertiary/aromatic N) is 3. The van der Waals surface area contributed by atoms with E-state index in [4.69, 9.17) is 10.5 Å². The van der Waals surface area contributed by atoms with E-state index < -0.39 is 11.9 Å². The second-order valence-electron chi connectivity index (χ2n) is 8.06. The number of rotatable bonds is 13. The van der Waals surface area contributed by atoms with Crippen LogP contribution >= 0.6 is 0 Å². The smallest absolute Gasteiger partial charge is 0.327 e. The number of nitrogens with one attached hydrogen (secondary N) is 2. The minimum absolute atomic E-state index is 0.183. The summed E-state index contributed by atoms with van der Waals surface area (Å²) in [5.74, 6) is -1.17. The molecule has 0 saturated carbocycles. The molecule has 0 bridgehead atoms. The summed E-state index contributed by atoms with van der Waals surface area (Å²) in [6.07, 6.45) is 3.50. The van der Waals surface area contributed by atoms with Crippen molar-refractivity contribution in [2.75, 3.05) is 18.9 Å². The molecule has 3 aromatic rings. The molecule has 10 heteroatoms. The number of aromatic nitrogens is 4. The van der Waals surface area contributed by atoms with E-state index in [-0.39, 0.29) is 17.5 Å². The number of ether oxygens (including phenoxy) is 1. The first kappa shape index (κ1) is 24.2. The number of carbonyl (C=O) groups is 1. The first-order valence-corrected chi connectivity index (χ1v) is 11.3. The standard InChI is InChI=1S/C23H32N6O4/c1-3-4-12-33-22-27-19(24)18-20(28-22)29(23(32)26-18)11-6-5-10-25-14-16-8-7-9-17(13-16)15(2)21(30)31/h7-9,13,15,25H,3-6,10-12,14H2,1-2H3,(H,26,32)(H,30,31)(H2,24,27,28). The molecule has 33 heavy (non-hydrogen) atoms. The van der Waals surface area contributed by atoms with E-state index in [1.54, 1.807) is 11.5 Å². The molecular weight excluding hydrogens is 424 g/mol. The zero-order valence-electron chi connectivity index (χ0n) is 19.1. The molecule has 10 nitrogen and oxygen atoms in total. The Hall–Kier alpha value is -3.40. The van der Waals surface area contributed by atoms with Crippen molar-refractivity contribution < 1.29 is 14.6 Å². The van der Waals surface area contributed by atoms with Crippen molar-refractivity contribution in [1.82, 2.24) is 24.8 Å². The monoisotopic (exact) mass is 456 g/mol. The number of nitrogen functional groups attached to an aromatic ring is 1. The predicted molar refractivity (Wildman–Crippen MR) is 126 cm³/mol. The molecule has 0 aliphatic rings. The fourth-order valence-electron chi connectivity index (χ4n) is 3.48. The minimum atomic E-state index is -0.834. The van der Waals surface area contributed by atoms with Crippen LogP contribution in [0.1, 0.15) is 56.6 Å². The van der Waals surface area contributed by atoms with Gasteiger partial charge in [-0.25, -0.2) is 4.79 Å². The number of imidazole rings is 1. The number of aliphatic carboxylic acids is 1. The van der Waals surface area contributed by atoms with E-state index in [0.717, 1.165) is 43.4 Å². The number of hydrogen-bond acceptors (Lipinski definition) is 7. The summed E-state index contributed by atoms with van der Waals surface area (Å²) in [7, 11) is 0. The highest BCUT2D eigenvalue weighted by Gasteiger charge is 2.15. The van der Waals surface area contributed by atoms with E-state index in [1.807, 2.05) is 24.3 Å². The Bertz CT molecular complexity index is 1140. The van der Waals surface area contributed by atoms with Crippen LogP contribution in [0.15, 0.2) is 29.1 Å². The van der Waals surface area contributed by atoms with Crippen molar-refractivity contribution in [3.8, 4) is 6.01 Å². The molecule has 1 aromatic carbocycles. The van der Waals surface area contributed by atoms with Gasteiger partial charge in [-0.15, -0.1) is 0 Å². The van der Waals surface area contributed by atoms with E-state index in [9.17, 15) is 14.7 Å². The number of H-pyrrole nitrogens is 1. The number of nitrogens with two attached hydrogens (primary N) is 1. The second-order valence-corrected chi connectivity index (χ2v) is 8.06. The third kappa shape index (κ3) is 6.32. The molecule has 0 spiro atoms. The first-order valence-electron chi connectivity index (χ1n) is 11.3. The van der Waals surface area contributed by atoms with Gasteiger partial charge in [0.15, 0.2) is 11.5 Å². The summed E-state index contributed by atoms with van der Waals surface area (Å²) < 4.78 is 7.13. The molecule has 2 aromatic heterocycles. The van der Waals surface area contributed by atoms with Crippen LogP contribution in [0.5, 0.6) is 6.01 Å². The number of fused-ring (bicyclic) bond motifs is 1. The number of aromatic amines is 1. The summed E-state index contributed by atoms with van der Waals surface area (Å²) in [6, 6.07) is 7.78. The van der Waals surface area contributed by atoms with Crippen molar-refractivity contribution in [2.24, 2.45) is 0 Å². The molecule has 0 aliphatic carbocycles. The molecule has 0 amide bonds. The Morgan fingerprint density at radius 3 is 2.88 bits per heavy atom. The maximum absolute atomic E-state index is 12.4. The number of hydrogen-bond donors (Lipinski definition) is 4. The zero-order valence-corrected chi connectivity index (χ0v) is 19.1. The van der Waals surface area contributed by atoms with Crippen LogP contribution in [0, 0.1) is 0 Å². The molecule has 0 aliphatic heterocycles. The lowest BCUT2D eigenvalue weighted by atomic mass is 9.99. The average Bonchev–Trinajstić information content (AvgIpc) is 3.11. The number of benzene rings is 1. The SMILES string of the molecule is CCCCOc1nc(N)c2[nH]c(=O)n(CCCCNCc3cccc(C(C)C(=O)O)c3)c2n1. The lowest BCUT2D eigenvalue weighted by molar-refractivity contribution is -0.138. The third-order valence-corrected chi connectivity index (χ3v) is 5.50. The van der Waals surface area contributed by atoms with Crippen LogP contribution in [0.2, 0.25) is 0 Å². The maximum Gasteiger partial charge on any atom is 0.327 e. The van der Waals surface area contributed by atoms with Gasteiger partial charge < -0.3 is 25.9 Å². The topological polar surface area (TPSA) is 148 Å². The highest BCUT2D eigenvalue weighted by Crippen LogP contribution is 2.19. The van der Waals surface area contributed by atoms with Gasteiger partial charge in [0, 0.05) is 13.1 Å². The molecule has 1 atom stereocenters. The molecule has 0 saturated heterocycles. The summed E-state index contributed by atoms with van der Waals surface area (Å²) in [5, 5.41) is 12.5. The molecule has 2 heterocycles. The maximum atomic E-state index is 12.4. The van der Waals surface area contributed by atoms with Gasteiger partial charge in [0.1, 0.15) is 5.52 Å². The Labute approximate surface area is 192 Å². The molecule has 0 radical (unpaired) electrons. The predicted octanol–water partition coefficient (Wildman–Crippen LogP) is 2.64. The number of unbranched alkanes of at least 4 members (excludes halogenated alkanes) is 2. The van der Waals surface area contributed by atoms with Crippen molar-refractivity contribution in [2.45, 2.75) is 58.5 Å². The quantitative estimate of drug-likeness (QED) is 0.287. The van der Waals surface area contributed by atoms with Crippen LogP contribution in [0.4, 0.5) is 5.82 Å². The summed E-state index contributed by atoms with van der Waals surface area (Å²) >= 11 is 0. The molecule has 0 fully saturated rings. The molecular formula is C23H32N6O4. The summed E-state index contributed by atoms with van der Waals surface area (Å²) in [5.41, 5.74) is 8.42. The number of aryl methyl sites for hydroxylation is 1. The van der Waals surface area contributed by atoms with Crippen molar-refractivity contribution in [3.05, 3.63) is 45.9 Å². The Morgan fingerprint density at radius 1 is 1.30 bits per heavy atom. The Morgan fingerprint density at radius 2 is 2.12 bits per heavy atom. The van der Waals surface area contributed by atoms with Crippen molar-refractivity contribution >= 4 is 23.0 Å². The van der Waals surface area contributed by atoms with Crippen LogP contribution in [0.3, 0.4) is 0 Å². The van der Waals surface area contributed by atoms with Gasteiger partial charge in [-0.1, -0.05) is 37.6 Å². The molecule has 5 N–H and O–H groups in total. The van der Waals surface area contributed by atoms with Gasteiger partial charge in [0.05, 0.1) is 12.5 Å². The normalized spacial score (nSPS) is 12.2.